The Balaban J connectivity index is 1.48. The molecule has 0 N–H and O–H groups in total. The van der Waals surface area contributed by atoms with Gasteiger partial charge in [0.25, 0.3) is 0 Å². The van der Waals surface area contributed by atoms with Gasteiger partial charge < -0.3 is 9.47 Å². The standard InChI is InChI=1S/C22H26O4S/c1-13-16-8-10-22(3)11-9-17(14(2)19(22)20(16)26-21(13)24)25-18(23)7-6-15-5-4-12-27-15/h4-7,12,14,16-17,19-20H,1,8-11H2,2-3H3/b7-6+/t14-,16-,17-,19?,20-,22-/m0/s1. The van der Waals surface area contributed by atoms with Crippen molar-refractivity contribution < 1.29 is 19.1 Å². The lowest BCUT2D eigenvalue weighted by atomic mass is 9.53. The van der Waals surface area contributed by atoms with E-state index in [1.165, 1.54) is 6.08 Å². The number of rotatable bonds is 3. The topological polar surface area (TPSA) is 52.6 Å². The number of ether oxygens (including phenoxy) is 2. The molecule has 0 aromatic carbocycles. The van der Waals surface area contributed by atoms with Gasteiger partial charge >= 0.3 is 11.9 Å². The second kappa shape index (κ2) is 6.93. The second-order valence-electron chi connectivity index (χ2n) is 8.44. The zero-order valence-corrected chi connectivity index (χ0v) is 16.7. The van der Waals surface area contributed by atoms with Crippen molar-refractivity contribution in [2.24, 2.45) is 23.2 Å². The van der Waals surface area contributed by atoms with Crippen molar-refractivity contribution in [3.05, 3.63) is 40.6 Å². The van der Waals surface area contributed by atoms with E-state index >= 15 is 0 Å². The van der Waals surface area contributed by atoms with Crippen LogP contribution in [-0.2, 0) is 19.1 Å². The number of thiophene rings is 1. The summed E-state index contributed by atoms with van der Waals surface area (Å²) in [6.07, 6.45) is 6.91. The summed E-state index contributed by atoms with van der Waals surface area (Å²) in [5, 5.41) is 1.98. The van der Waals surface area contributed by atoms with Crippen LogP contribution in [0.5, 0.6) is 0 Å². The van der Waals surface area contributed by atoms with Crippen LogP contribution in [0.25, 0.3) is 6.08 Å². The quantitative estimate of drug-likeness (QED) is 0.562. The predicted molar refractivity (Wildman–Crippen MR) is 105 cm³/mol. The van der Waals surface area contributed by atoms with Crippen LogP contribution in [-0.4, -0.2) is 24.1 Å². The summed E-state index contributed by atoms with van der Waals surface area (Å²) < 4.78 is 11.6. The highest BCUT2D eigenvalue weighted by Gasteiger charge is 2.58. The van der Waals surface area contributed by atoms with Crippen LogP contribution in [0.2, 0.25) is 0 Å². The van der Waals surface area contributed by atoms with Gasteiger partial charge in [-0.3, -0.25) is 0 Å². The predicted octanol–water partition coefficient (Wildman–Crippen LogP) is 4.62. The Morgan fingerprint density at radius 3 is 2.93 bits per heavy atom. The lowest BCUT2D eigenvalue weighted by molar-refractivity contribution is -0.171. The van der Waals surface area contributed by atoms with E-state index in [-0.39, 0.29) is 47.3 Å². The van der Waals surface area contributed by atoms with E-state index in [1.54, 1.807) is 17.4 Å². The summed E-state index contributed by atoms with van der Waals surface area (Å²) in [7, 11) is 0. The molecular weight excluding hydrogens is 360 g/mol. The molecule has 0 amide bonds. The molecule has 5 heteroatoms. The molecule has 0 radical (unpaired) electrons. The molecular formula is C22H26O4S. The van der Waals surface area contributed by atoms with Gasteiger partial charge in [0.05, 0.1) is 0 Å². The van der Waals surface area contributed by atoms with Crippen molar-refractivity contribution in [2.45, 2.75) is 51.7 Å². The van der Waals surface area contributed by atoms with Gasteiger partial charge in [-0.25, -0.2) is 9.59 Å². The van der Waals surface area contributed by atoms with Crippen molar-refractivity contribution in [1.82, 2.24) is 0 Å². The first-order valence-corrected chi connectivity index (χ1v) is 10.6. The van der Waals surface area contributed by atoms with E-state index < -0.39 is 0 Å². The minimum atomic E-state index is -0.302. The van der Waals surface area contributed by atoms with Gasteiger partial charge in [-0.15, -0.1) is 11.3 Å². The van der Waals surface area contributed by atoms with E-state index in [9.17, 15) is 9.59 Å². The minimum absolute atomic E-state index is 0.117. The molecule has 144 valence electrons. The monoisotopic (exact) mass is 386 g/mol. The van der Waals surface area contributed by atoms with Gasteiger partial charge in [0.2, 0.25) is 0 Å². The Bertz CT molecular complexity index is 780. The first-order chi connectivity index (χ1) is 12.9. The molecule has 0 spiro atoms. The molecule has 4 rings (SSSR count). The number of hydrogen-bond donors (Lipinski definition) is 0. The highest BCUT2D eigenvalue weighted by molar-refractivity contribution is 7.10. The average molecular weight is 387 g/mol. The third-order valence-corrected chi connectivity index (χ3v) is 7.72. The maximum absolute atomic E-state index is 12.3. The van der Waals surface area contributed by atoms with Crippen LogP contribution in [0.1, 0.15) is 44.4 Å². The van der Waals surface area contributed by atoms with Crippen LogP contribution in [0, 0.1) is 23.2 Å². The zero-order valence-electron chi connectivity index (χ0n) is 15.9. The van der Waals surface area contributed by atoms with Gasteiger partial charge in [-0.2, -0.15) is 0 Å². The van der Waals surface area contributed by atoms with Crippen molar-refractivity contribution in [2.75, 3.05) is 0 Å². The molecule has 1 aliphatic heterocycles. The molecule has 1 saturated heterocycles. The van der Waals surface area contributed by atoms with Crippen molar-refractivity contribution in [3.8, 4) is 0 Å². The number of carbonyl (C=O) groups excluding carboxylic acids is 2. The maximum atomic E-state index is 12.3. The van der Waals surface area contributed by atoms with Crippen LogP contribution in [0.4, 0.5) is 0 Å². The molecule has 1 aromatic heterocycles. The van der Waals surface area contributed by atoms with Crippen molar-refractivity contribution in [3.63, 3.8) is 0 Å². The fourth-order valence-corrected chi connectivity index (χ4v) is 6.04. The molecule has 3 aliphatic rings. The summed E-state index contributed by atoms with van der Waals surface area (Å²) >= 11 is 1.59. The Morgan fingerprint density at radius 1 is 1.41 bits per heavy atom. The fourth-order valence-electron chi connectivity index (χ4n) is 5.42. The molecule has 6 atom stereocenters. The number of fused-ring (bicyclic) bond motifs is 3. The van der Waals surface area contributed by atoms with E-state index in [0.717, 1.165) is 30.6 Å². The first kappa shape index (κ1) is 18.5. The highest BCUT2D eigenvalue weighted by atomic mass is 32.1. The average Bonchev–Trinajstić information content (AvgIpc) is 3.24. The van der Waals surface area contributed by atoms with Gasteiger partial charge in [-0.1, -0.05) is 26.5 Å². The molecule has 3 fully saturated rings. The third-order valence-electron chi connectivity index (χ3n) is 6.88. The van der Waals surface area contributed by atoms with Crippen LogP contribution >= 0.6 is 11.3 Å². The summed E-state index contributed by atoms with van der Waals surface area (Å²) in [5.41, 5.74) is 0.744. The van der Waals surface area contributed by atoms with Gasteiger partial charge in [0.1, 0.15) is 12.2 Å². The molecule has 2 aliphatic carbocycles. The summed E-state index contributed by atoms with van der Waals surface area (Å²) in [5.74, 6) is -0.0868. The zero-order chi connectivity index (χ0) is 19.2. The number of esters is 2. The molecule has 1 aromatic rings. The summed E-state index contributed by atoms with van der Waals surface area (Å²) in [6.45, 7) is 8.39. The SMILES string of the molecule is C=C1C(=O)O[C@@H]2C3[C@@H](C)[C@@H](OC(=O)/C=C/c4cccs4)CC[C@]3(C)CC[C@@H]12. The van der Waals surface area contributed by atoms with Crippen LogP contribution in [0.3, 0.4) is 0 Å². The molecule has 1 unspecified atom stereocenters. The Hall–Kier alpha value is -1.88. The molecule has 2 heterocycles. The van der Waals surface area contributed by atoms with Crippen molar-refractivity contribution >= 4 is 29.4 Å². The Kier molecular flexibility index (Phi) is 4.75. The van der Waals surface area contributed by atoms with Gasteiger partial charge in [0.15, 0.2) is 0 Å². The minimum Gasteiger partial charge on any atom is -0.459 e. The molecule has 27 heavy (non-hydrogen) atoms. The number of carbonyl (C=O) groups is 2. The highest BCUT2D eigenvalue weighted by Crippen LogP contribution is 2.57. The molecule has 4 nitrogen and oxygen atoms in total. The number of hydrogen-bond acceptors (Lipinski definition) is 5. The Labute approximate surface area is 164 Å². The van der Waals surface area contributed by atoms with Crippen LogP contribution in [0.15, 0.2) is 35.7 Å². The normalized spacial score (nSPS) is 38.4. The first-order valence-electron chi connectivity index (χ1n) is 9.71. The summed E-state index contributed by atoms with van der Waals surface area (Å²) in [4.78, 5) is 25.4. The van der Waals surface area contributed by atoms with E-state index in [0.29, 0.717) is 5.57 Å². The van der Waals surface area contributed by atoms with E-state index in [1.807, 2.05) is 17.5 Å². The van der Waals surface area contributed by atoms with E-state index in [2.05, 4.69) is 20.4 Å². The van der Waals surface area contributed by atoms with Gasteiger partial charge in [0, 0.05) is 34.3 Å². The summed E-state index contributed by atoms with van der Waals surface area (Å²) in [6, 6.07) is 3.92. The smallest absolute Gasteiger partial charge is 0.334 e. The third kappa shape index (κ3) is 3.27. The fraction of sp³-hybridized carbons (Fsp3) is 0.545. The molecule has 0 bridgehead atoms. The Morgan fingerprint density at radius 2 is 2.19 bits per heavy atom. The molecule has 2 saturated carbocycles. The van der Waals surface area contributed by atoms with Crippen LogP contribution < -0.4 is 0 Å². The maximum Gasteiger partial charge on any atom is 0.334 e. The lowest BCUT2D eigenvalue weighted by Crippen LogP contribution is -2.53. The lowest BCUT2D eigenvalue weighted by Gasteiger charge is -2.53. The van der Waals surface area contributed by atoms with E-state index in [4.69, 9.17) is 9.47 Å². The van der Waals surface area contributed by atoms with Gasteiger partial charge in [-0.05, 0) is 48.6 Å². The van der Waals surface area contributed by atoms with Crippen molar-refractivity contribution in [1.29, 1.82) is 0 Å². The largest absolute Gasteiger partial charge is 0.459 e. The second-order valence-corrected chi connectivity index (χ2v) is 9.42.